The lowest BCUT2D eigenvalue weighted by atomic mass is 9.83. The summed E-state index contributed by atoms with van der Waals surface area (Å²) in [6.45, 7) is 0. The molecular weight excluding hydrogens is 198 g/mol. The molecule has 1 aromatic heterocycles. The van der Waals surface area contributed by atoms with Crippen LogP contribution in [0.15, 0.2) is 24.4 Å². The highest BCUT2D eigenvalue weighted by atomic mass is 16.3. The first kappa shape index (κ1) is 10.3. The van der Waals surface area contributed by atoms with Crippen molar-refractivity contribution < 1.29 is 5.11 Å². The van der Waals surface area contributed by atoms with Crippen LogP contribution in [-0.2, 0) is 6.42 Å². The Bertz CT molecular complexity index is 351. The molecule has 0 aliphatic heterocycles. The molecule has 3 rings (SSSR count). The molecule has 4 atom stereocenters. The normalized spacial score (nSPS) is 34.2. The molecule has 1 heterocycles. The average Bonchev–Trinajstić information content (AvgIpc) is 2.92. The fraction of sp³-hybridized carbons (Fsp3) is 0.643. The summed E-state index contributed by atoms with van der Waals surface area (Å²) < 4.78 is 0. The number of rotatable bonds is 3. The number of fused-ring (bicyclic) bond motifs is 2. The lowest BCUT2D eigenvalue weighted by Gasteiger charge is -2.26. The van der Waals surface area contributed by atoms with Crippen LogP contribution in [0.3, 0.4) is 0 Å². The maximum Gasteiger partial charge on any atom is 0.0626 e. The van der Waals surface area contributed by atoms with E-state index in [2.05, 4.69) is 4.98 Å². The van der Waals surface area contributed by atoms with Crippen LogP contribution >= 0.6 is 0 Å². The summed E-state index contributed by atoms with van der Waals surface area (Å²) in [5.74, 6) is 2.25. The van der Waals surface area contributed by atoms with Gasteiger partial charge in [0, 0.05) is 18.3 Å². The minimum absolute atomic E-state index is 0.176. The molecule has 2 heteroatoms. The second-order valence-electron chi connectivity index (χ2n) is 5.43. The largest absolute Gasteiger partial charge is 0.392 e. The Labute approximate surface area is 96.7 Å². The van der Waals surface area contributed by atoms with E-state index in [-0.39, 0.29) is 6.10 Å². The van der Waals surface area contributed by atoms with Gasteiger partial charge in [0.2, 0.25) is 0 Å². The molecular formula is C14H19NO. The minimum Gasteiger partial charge on any atom is -0.392 e. The van der Waals surface area contributed by atoms with Crippen LogP contribution in [0, 0.1) is 17.8 Å². The van der Waals surface area contributed by atoms with Gasteiger partial charge in [-0.15, -0.1) is 0 Å². The number of pyridine rings is 1. The molecule has 0 aromatic carbocycles. The molecule has 2 nitrogen and oxygen atoms in total. The summed E-state index contributed by atoms with van der Waals surface area (Å²) in [5.41, 5.74) is 1.03. The molecule has 16 heavy (non-hydrogen) atoms. The predicted octanol–water partition coefficient (Wildman–Crippen LogP) is 2.42. The van der Waals surface area contributed by atoms with Gasteiger partial charge in [0.25, 0.3) is 0 Å². The summed E-state index contributed by atoms with van der Waals surface area (Å²) in [6, 6.07) is 5.93. The van der Waals surface area contributed by atoms with Gasteiger partial charge in [-0.1, -0.05) is 12.5 Å². The van der Waals surface area contributed by atoms with Gasteiger partial charge >= 0.3 is 0 Å². The number of aromatic nitrogens is 1. The summed E-state index contributed by atoms with van der Waals surface area (Å²) in [7, 11) is 0. The summed E-state index contributed by atoms with van der Waals surface area (Å²) >= 11 is 0. The van der Waals surface area contributed by atoms with Crippen LogP contribution in [0.2, 0.25) is 0 Å². The second kappa shape index (κ2) is 4.17. The van der Waals surface area contributed by atoms with Crippen molar-refractivity contribution in [2.75, 3.05) is 0 Å². The second-order valence-corrected chi connectivity index (χ2v) is 5.43. The summed E-state index contributed by atoms with van der Waals surface area (Å²) in [6.07, 6.45) is 7.72. The fourth-order valence-electron chi connectivity index (χ4n) is 3.65. The van der Waals surface area contributed by atoms with E-state index in [0.717, 1.165) is 24.0 Å². The van der Waals surface area contributed by atoms with Crippen molar-refractivity contribution in [2.24, 2.45) is 17.8 Å². The number of aliphatic hydroxyl groups excluding tert-OH is 1. The Morgan fingerprint density at radius 2 is 2.25 bits per heavy atom. The molecule has 86 valence electrons. The van der Waals surface area contributed by atoms with E-state index in [1.165, 1.54) is 25.7 Å². The van der Waals surface area contributed by atoms with Crippen molar-refractivity contribution >= 4 is 0 Å². The third-order valence-electron chi connectivity index (χ3n) is 4.43. The number of nitrogens with zero attached hydrogens (tertiary/aromatic N) is 1. The molecule has 0 radical (unpaired) electrons. The van der Waals surface area contributed by atoms with Crippen LogP contribution in [0.4, 0.5) is 0 Å². The van der Waals surface area contributed by atoms with E-state index in [9.17, 15) is 5.11 Å². The molecule has 0 spiro atoms. The van der Waals surface area contributed by atoms with E-state index in [4.69, 9.17) is 0 Å². The van der Waals surface area contributed by atoms with Gasteiger partial charge < -0.3 is 5.11 Å². The monoisotopic (exact) mass is 217 g/mol. The molecule has 1 aromatic rings. The molecule has 2 fully saturated rings. The maximum atomic E-state index is 10.3. The van der Waals surface area contributed by atoms with Crippen LogP contribution in [-0.4, -0.2) is 16.2 Å². The maximum absolute atomic E-state index is 10.3. The van der Waals surface area contributed by atoms with E-state index in [1.54, 1.807) is 0 Å². The van der Waals surface area contributed by atoms with Crippen LogP contribution in [0.5, 0.6) is 0 Å². The first-order valence-electron chi connectivity index (χ1n) is 6.41. The zero-order valence-electron chi connectivity index (χ0n) is 9.55. The fourth-order valence-corrected chi connectivity index (χ4v) is 3.65. The van der Waals surface area contributed by atoms with Crippen LogP contribution in [0.25, 0.3) is 0 Å². The molecule has 4 unspecified atom stereocenters. The van der Waals surface area contributed by atoms with E-state index in [0.29, 0.717) is 5.92 Å². The average molecular weight is 217 g/mol. The Kier molecular flexibility index (Phi) is 2.68. The van der Waals surface area contributed by atoms with Gasteiger partial charge in [0.05, 0.1) is 6.10 Å². The predicted molar refractivity (Wildman–Crippen MR) is 62.9 cm³/mol. The third kappa shape index (κ3) is 1.86. The minimum atomic E-state index is -0.176. The van der Waals surface area contributed by atoms with Gasteiger partial charge in [0.15, 0.2) is 0 Å². The van der Waals surface area contributed by atoms with E-state index in [1.807, 2.05) is 24.4 Å². The lowest BCUT2D eigenvalue weighted by molar-refractivity contribution is 0.0743. The topological polar surface area (TPSA) is 33.1 Å². The Hall–Kier alpha value is -0.890. The van der Waals surface area contributed by atoms with Crippen molar-refractivity contribution in [3.8, 4) is 0 Å². The van der Waals surface area contributed by atoms with Crippen molar-refractivity contribution in [1.29, 1.82) is 0 Å². The highest BCUT2D eigenvalue weighted by Crippen LogP contribution is 2.49. The van der Waals surface area contributed by atoms with Gasteiger partial charge in [-0.25, -0.2) is 0 Å². The third-order valence-corrected chi connectivity index (χ3v) is 4.43. The number of hydrogen-bond donors (Lipinski definition) is 1. The van der Waals surface area contributed by atoms with Gasteiger partial charge in [0.1, 0.15) is 0 Å². The van der Waals surface area contributed by atoms with Crippen molar-refractivity contribution in [3.63, 3.8) is 0 Å². The zero-order valence-corrected chi connectivity index (χ0v) is 9.55. The van der Waals surface area contributed by atoms with Gasteiger partial charge in [-0.2, -0.15) is 0 Å². The zero-order chi connectivity index (χ0) is 11.0. The van der Waals surface area contributed by atoms with E-state index >= 15 is 0 Å². The standard InChI is InChI=1S/C14H19NO/c16-14(9-12-3-1-2-6-15-12)13-8-10-4-5-11(13)7-10/h1-3,6,10-11,13-14,16H,4-5,7-9H2. The SMILES string of the molecule is OC(Cc1ccccn1)C1CC2CCC1C2. The first-order valence-corrected chi connectivity index (χ1v) is 6.41. The van der Waals surface area contributed by atoms with Crippen molar-refractivity contribution in [2.45, 2.75) is 38.2 Å². The first-order chi connectivity index (χ1) is 7.83. The smallest absolute Gasteiger partial charge is 0.0626 e. The molecule has 2 bridgehead atoms. The van der Waals surface area contributed by atoms with Crippen LogP contribution < -0.4 is 0 Å². The lowest BCUT2D eigenvalue weighted by Crippen LogP contribution is -2.27. The molecule has 2 saturated carbocycles. The molecule has 1 N–H and O–H groups in total. The van der Waals surface area contributed by atoms with Gasteiger partial charge in [-0.3, -0.25) is 4.98 Å². The van der Waals surface area contributed by atoms with Crippen molar-refractivity contribution in [1.82, 2.24) is 4.98 Å². The Balaban J connectivity index is 1.64. The highest BCUT2D eigenvalue weighted by Gasteiger charge is 2.42. The quantitative estimate of drug-likeness (QED) is 0.843. The number of hydrogen-bond acceptors (Lipinski definition) is 2. The summed E-state index contributed by atoms with van der Waals surface area (Å²) in [5, 5.41) is 10.3. The van der Waals surface area contributed by atoms with Gasteiger partial charge in [-0.05, 0) is 49.1 Å². The molecule has 2 aliphatic carbocycles. The molecule has 0 amide bonds. The number of aliphatic hydroxyl groups is 1. The molecule has 0 saturated heterocycles. The molecule has 2 aliphatic rings. The Morgan fingerprint density at radius 3 is 2.88 bits per heavy atom. The highest BCUT2D eigenvalue weighted by molar-refractivity contribution is 5.06. The van der Waals surface area contributed by atoms with Crippen molar-refractivity contribution in [3.05, 3.63) is 30.1 Å². The summed E-state index contributed by atoms with van der Waals surface area (Å²) in [4.78, 5) is 4.29. The van der Waals surface area contributed by atoms with Crippen LogP contribution in [0.1, 0.15) is 31.4 Å². The van der Waals surface area contributed by atoms with E-state index < -0.39 is 0 Å². The Morgan fingerprint density at radius 1 is 1.31 bits per heavy atom.